The average Bonchev–Trinajstić information content (AvgIpc) is 2.05. The van der Waals surface area contributed by atoms with Gasteiger partial charge in [-0.1, -0.05) is 19.8 Å². The number of terminal acetylenes is 1. The minimum absolute atomic E-state index is 0.452. The summed E-state index contributed by atoms with van der Waals surface area (Å²) in [6.07, 6.45) is 10.6. The fourth-order valence-corrected chi connectivity index (χ4v) is 1.14. The second-order valence-corrected chi connectivity index (χ2v) is 3.08. The fraction of sp³-hybridized carbons (Fsp3) is 0.417. The molecule has 0 fully saturated rings. The van der Waals surface area contributed by atoms with E-state index in [-0.39, 0.29) is 0 Å². The highest BCUT2D eigenvalue weighted by molar-refractivity contribution is 5.55. The Labute approximate surface area is 81.3 Å². The first kappa shape index (κ1) is 11.7. The summed E-state index contributed by atoms with van der Waals surface area (Å²) in [6, 6.07) is 0. The Kier molecular flexibility index (Phi) is 5.63. The molecule has 0 N–H and O–H groups in total. The lowest BCUT2D eigenvalue weighted by atomic mass is 10.0. The van der Waals surface area contributed by atoms with E-state index in [2.05, 4.69) is 24.8 Å². The molecule has 0 aromatic rings. The van der Waals surface area contributed by atoms with Crippen LogP contribution in [0.5, 0.6) is 0 Å². The summed E-state index contributed by atoms with van der Waals surface area (Å²) < 4.78 is 0. The molecule has 0 heterocycles. The van der Waals surface area contributed by atoms with Crippen LogP contribution in [0.3, 0.4) is 0 Å². The molecule has 0 atom stereocenters. The maximum absolute atomic E-state index is 5.15. The molecule has 0 aliphatic rings. The van der Waals surface area contributed by atoms with E-state index in [1.54, 1.807) is 12.3 Å². The lowest BCUT2D eigenvalue weighted by Gasteiger charge is -2.07. The van der Waals surface area contributed by atoms with Crippen molar-refractivity contribution in [3.05, 3.63) is 23.4 Å². The summed E-state index contributed by atoms with van der Waals surface area (Å²) in [5, 5.41) is 0. The van der Waals surface area contributed by atoms with E-state index in [1.807, 2.05) is 19.9 Å². The van der Waals surface area contributed by atoms with Crippen molar-refractivity contribution >= 4 is 6.21 Å². The number of rotatable bonds is 3. The molecule has 0 spiro atoms. The van der Waals surface area contributed by atoms with Gasteiger partial charge >= 0.3 is 0 Å². The average molecular weight is 175 g/mol. The molecule has 0 aromatic carbocycles. The Morgan fingerprint density at radius 3 is 2.46 bits per heavy atom. The van der Waals surface area contributed by atoms with Crippen LogP contribution in [0.2, 0.25) is 0 Å². The number of allylic oxidation sites excluding steroid dienone is 4. The Morgan fingerprint density at radius 2 is 2.08 bits per heavy atom. The molecule has 0 saturated heterocycles. The topological polar surface area (TPSA) is 12.4 Å². The highest BCUT2D eigenvalue weighted by atomic mass is 14.7. The summed E-state index contributed by atoms with van der Waals surface area (Å²) in [4.78, 5) is 4.23. The lowest BCUT2D eigenvalue weighted by molar-refractivity contribution is 0.777. The molecule has 1 heteroatoms. The Hall–Kier alpha value is -1.29. The smallest absolute Gasteiger partial charge is 0.0403 e. The summed E-state index contributed by atoms with van der Waals surface area (Å²) in [5.74, 6) is 2.94. The third-order valence-corrected chi connectivity index (χ3v) is 1.72. The molecule has 1 nitrogen and oxygen atoms in total. The quantitative estimate of drug-likeness (QED) is 0.355. The first-order valence-corrected chi connectivity index (χ1v) is 4.45. The van der Waals surface area contributed by atoms with Crippen LogP contribution in [-0.4, -0.2) is 6.21 Å². The Morgan fingerprint density at radius 1 is 1.46 bits per heavy atom. The van der Waals surface area contributed by atoms with Crippen molar-refractivity contribution < 1.29 is 0 Å². The van der Waals surface area contributed by atoms with Crippen molar-refractivity contribution in [3.63, 3.8) is 0 Å². The van der Waals surface area contributed by atoms with Gasteiger partial charge in [-0.25, -0.2) is 0 Å². The van der Waals surface area contributed by atoms with E-state index in [1.165, 1.54) is 5.57 Å². The van der Waals surface area contributed by atoms with Crippen LogP contribution in [-0.2, 0) is 0 Å². The summed E-state index contributed by atoms with van der Waals surface area (Å²) in [7, 11) is 0. The van der Waals surface area contributed by atoms with E-state index >= 15 is 0 Å². The molecule has 0 rings (SSSR count). The van der Waals surface area contributed by atoms with Gasteiger partial charge in [0, 0.05) is 11.9 Å². The van der Waals surface area contributed by atoms with E-state index < -0.39 is 0 Å². The molecule has 0 unspecified atom stereocenters. The van der Waals surface area contributed by atoms with Crippen LogP contribution in [0.25, 0.3) is 0 Å². The van der Waals surface area contributed by atoms with Gasteiger partial charge in [-0.05, 0) is 37.5 Å². The molecule has 0 aliphatic heterocycles. The zero-order chi connectivity index (χ0) is 10.3. The highest BCUT2D eigenvalue weighted by Gasteiger charge is 2.02. The summed E-state index contributed by atoms with van der Waals surface area (Å²) >= 11 is 0. The second-order valence-electron chi connectivity index (χ2n) is 3.08. The molecule has 0 radical (unpaired) electrons. The Bertz CT molecular complexity index is 272. The molecule has 70 valence electrons. The number of aliphatic imine (C=N–C) groups is 1. The van der Waals surface area contributed by atoms with Gasteiger partial charge in [0.25, 0.3) is 0 Å². The van der Waals surface area contributed by atoms with E-state index in [0.717, 1.165) is 5.70 Å². The first-order valence-electron chi connectivity index (χ1n) is 4.45. The van der Waals surface area contributed by atoms with Crippen molar-refractivity contribution in [2.24, 2.45) is 10.9 Å². The number of nitrogens with zero attached hydrogens (tertiary/aromatic N) is 1. The monoisotopic (exact) mass is 175 g/mol. The fourth-order valence-electron chi connectivity index (χ4n) is 1.14. The molecule has 0 saturated carbocycles. The third-order valence-electron chi connectivity index (χ3n) is 1.72. The molecule has 13 heavy (non-hydrogen) atoms. The van der Waals surface area contributed by atoms with E-state index in [0.29, 0.717) is 5.92 Å². The van der Waals surface area contributed by atoms with Crippen LogP contribution in [0.15, 0.2) is 28.4 Å². The molecular formula is C12H17N. The molecule has 0 amide bonds. The van der Waals surface area contributed by atoms with Crippen LogP contribution < -0.4 is 0 Å². The van der Waals surface area contributed by atoms with Crippen molar-refractivity contribution in [1.82, 2.24) is 0 Å². The first-order chi connectivity index (χ1) is 6.13. The molecular weight excluding hydrogens is 158 g/mol. The molecule has 0 aliphatic carbocycles. The maximum atomic E-state index is 5.15. The molecule has 0 bridgehead atoms. The third kappa shape index (κ3) is 4.32. The van der Waals surface area contributed by atoms with Gasteiger partial charge in [0.2, 0.25) is 0 Å². The molecule has 0 aromatic heterocycles. The van der Waals surface area contributed by atoms with Gasteiger partial charge in [0.1, 0.15) is 0 Å². The summed E-state index contributed by atoms with van der Waals surface area (Å²) in [6.45, 7) is 8.16. The van der Waals surface area contributed by atoms with Gasteiger partial charge in [-0.2, -0.15) is 0 Å². The van der Waals surface area contributed by atoms with Crippen LogP contribution >= 0.6 is 0 Å². The van der Waals surface area contributed by atoms with Crippen LogP contribution in [0, 0.1) is 18.3 Å². The highest BCUT2D eigenvalue weighted by Crippen LogP contribution is 2.16. The number of hydrogen-bond donors (Lipinski definition) is 0. The summed E-state index contributed by atoms with van der Waals surface area (Å²) in [5.41, 5.74) is 2.22. The zero-order valence-electron chi connectivity index (χ0n) is 8.83. The standard InChI is InChI=1S/C12H17N/c1-6-8-9-12(10(3)4)11(5)13-7-2/h1,7-10H,2-5H3/b9-8-,12-11-,13-7?. The minimum Gasteiger partial charge on any atom is -0.266 e. The van der Waals surface area contributed by atoms with Crippen molar-refractivity contribution in [2.45, 2.75) is 27.7 Å². The minimum atomic E-state index is 0.452. The predicted molar refractivity (Wildman–Crippen MR) is 59.7 cm³/mol. The van der Waals surface area contributed by atoms with Crippen molar-refractivity contribution in [2.75, 3.05) is 0 Å². The zero-order valence-corrected chi connectivity index (χ0v) is 8.83. The predicted octanol–water partition coefficient (Wildman–Crippen LogP) is 3.20. The SMILES string of the molecule is C#C/C=C\C(=C(/C)N=CC)C(C)C. The second kappa shape index (κ2) is 6.25. The lowest BCUT2D eigenvalue weighted by Crippen LogP contribution is -1.93. The van der Waals surface area contributed by atoms with E-state index in [9.17, 15) is 0 Å². The van der Waals surface area contributed by atoms with Gasteiger partial charge < -0.3 is 0 Å². The van der Waals surface area contributed by atoms with Crippen molar-refractivity contribution in [3.8, 4) is 12.3 Å². The van der Waals surface area contributed by atoms with Gasteiger partial charge in [0.15, 0.2) is 0 Å². The van der Waals surface area contributed by atoms with E-state index in [4.69, 9.17) is 6.42 Å². The largest absolute Gasteiger partial charge is 0.266 e. The normalized spacial score (nSPS) is 13.8. The van der Waals surface area contributed by atoms with Crippen LogP contribution in [0.1, 0.15) is 27.7 Å². The Balaban J connectivity index is 4.90. The van der Waals surface area contributed by atoms with Gasteiger partial charge in [0.05, 0.1) is 0 Å². The van der Waals surface area contributed by atoms with Gasteiger partial charge in [-0.3, -0.25) is 4.99 Å². The van der Waals surface area contributed by atoms with Gasteiger partial charge in [-0.15, -0.1) is 6.42 Å². The maximum Gasteiger partial charge on any atom is 0.0403 e. The van der Waals surface area contributed by atoms with Crippen molar-refractivity contribution in [1.29, 1.82) is 0 Å². The van der Waals surface area contributed by atoms with Crippen LogP contribution in [0.4, 0.5) is 0 Å². The number of hydrogen-bond acceptors (Lipinski definition) is 1.